The Bertz CT molecular complexity index is 370. The Morgan fingerprint density at radius 2 is 2.06 bits per heavy atom. The Hall–Kier alpha value is -1.42. The molecule has 3 nitrogen and oxygen atoms in total. The molecule has 4 heteroatoms. The van der Waals surface area contributed by atoms with Gasteiger partial charge in [-0.1, -0.05) is 18.2 Å². The van der Waals surface area contributed by atoms with Gasteiger partial charge in [-0.15, -0.1) is 0 Å². The van der Waals surface area contributed by atoms with E-state index in [0.717, 1.165) is 0 Å². The Balaban J connectivity index is 1.81. The van der Waals surface area contributed by atoms with Crippen molar-refractivity contribution in [2.24, 2.45) is 5.92 Å². The molecule has 0 aromatic heterocycles. The molecule has 1 fully saturated rings. The van der Waals surface area contributed by atoms with Gasteiger partial charge in [0.15, 0.2) is 0 Å². The molecule has 17 heavy (non-hydrogen) atoms. The lowest BCUT2D eigenvalue weighted by Gasteiger charge is -2.09. The fourth-order valence-electron chi connectivity index (χ4n) is 2.05. The summed E-state index contributed by atoms with van der Waals surface area (Å²) in [6.07, 6.45) is -1.46. The van der Waals surface area contributed by atoms with Crippen molar-refractivity contribution in [2.75, 3.05) is 6.61 Å². The van der Waals surface area contributed by atoms with E-state index in [9.17, 15) is 14.3 Å². The number of rotatable bonds is 3. The number of aliphatic hydroxyl groups is 1. The number of ether oxygens (including phenoxy) is 1. The third-order valence-corrected chi connectivity index (χ3v) is 3.01. The van der Waals surface area contributed by atoms with Gasteiger partial charge in [-0.05, 0) is 30.9 Å². The quantitative estimate of drug-likeness (QED) is 0.819. The minimum Gasteiger partial charge on any atom is -0.462 e. The number of hydrogen-bond donors (Lipinski definition) is 1. The lowest BCUT2D eigenvalue weighted by Crippen LogP contribution is -2.13. The molecule has 0 spiro atoms. The third kappa shape index (κ3) is 3.03. The molecule has 2 rings (SSSR count). The molecule has 0 amide bonds. The van der Waals surface area contributed by atoms with Crippen molar-refractivity contribution >= 4 is 5.97 Å². The molecule has 3 atom stereocenters. The predicted molar refractivity (Wildman–Crippen MR) is 60.4 cm³/mol. The highest BCUT2D eigenvalue weighted by molar-refractivity contribution is 5.89. The van der Waals surface area contributed by atoms with Crippen molar-refractivity contribution in [1.29, 1.82) is 0 Å². The highest BCUT2D eigenvalue weighted by atomic mass is 19.1. The number of benzene rings is 1. The highest BCUT2D eigenvalue weighted by Crippen LogP contribution is 2.28. The van der Waals surface area contributed by atoms with Crippen LogP contribution in [0.25, 0.3) is 0 Å². The van der Waals surface area contributed by atoms with Gasteiger partial charge in [-0.2, -0.15) is 0 Å². The maximum atomic E-state index is 13.0. The minimum absolute atomic E-state index is 0.0762. The molecule has 0 heterocycles. The second-order valence-electron chi connectivity index (χ2n) is 4.39. The van der Waals surface area contributed by atoms with Crippen molar-refractivity contribution in [3.8, 4) is 0 Å². The van der Waals surface area contributed by atoms with Gasteiger partial charge in [0.05, 0.1) is 18.3 Å². The Morgan fingerprint density at radius 3 is 2.65 bits per heavy atom. The molecule has 0 bridgehead atoms. The molecule has 2 unspecified atom stereocenters. The molecule has 1 aliphatic rings. The summed E-state index contributed by atoms with van der Waals surface area (Å²) in [6, 6.07) is 8.67. The van der Waals surface area contributed by atoms with Gasteiger partial charge in [-0.3, -0.25) is 0 Å². The first-order valence-electron chi connectivity index (χ1n) is 5.71. The second-order valence-corrected chi connectivity index (χ2v) is 4.39. The van der Waals surface area contributed by atoms with Crippen molar-refractivity contribution in [2.45, 2.75) is 25.1 Å². The second kappa shape index (κ2) is 5.27. The molecule has 0 saturated heterocycles. The molecule has 92 valence electrons. The normalized spacial score (nSPS) is 28.0. The summed E-state index contributed by atoms with van der Waals surface area (Å²) in [7, 11) is 0. The largest absolute Gasteiger partial charge is 0.462 e. The molecule has 1 N–H and O–H groups in total. The summed E-state index contributed by atoms with van der Waals surface area (Å²) >= 11 is 0. The maximum absolute atomic E-state index is 13.0. The van der Waals surface area contributed by atoms with Crippen LogP contribution in [0.4, 0.5) is 4.39 Å². The van der Waals surface area contributed by atoms with Crippen molar-refractivity contribution in [3.63, 3.8) is 0 Å². The predicted octanol–water partition coefficient (Wildman–Crippen LogP) is 1.95. The number of alkyl halides is 1. The van der Waals surface area contributed by atoms with Gasteiger partial charge >= 0.3 is 5.97 Å². The average Bonchev–Trinajstić information content (AvgIpc) is 2.67. The van der Waals surface area contributed by atoms with Crippen molar-refractivity contribution < 1.29 is 19.0 Å². The van der Waals surface area contributed by atoms with Crippen LogP contribution in [-0.2, 0) is 4.74 Å². The molecule has 1 aromatic carbocycles. The van der Waals surface area contributed by atoms with Crippen LogP contribution in [0.3, 0.4) is 0 Å². The number of aliphatic hydroxyl groups excluding tert-OH is 1. The standard InChI is InChI=1S/C13H15FO3/c14-11-6-9(7-12(11)15)8-17-13(16)10-4-2-1-3-5-10/h1-5,9,11-12,15H,6-8H2/t9-,11?,12?/m1/s1. The molecule has 0 radical (unpaired) electrons. The van der Waals surface area contributed by atoms with Crippen LogP contribution in [-0.4, -0.2) is 30.0 Å². The molecule has 1 aromatic rings. The van der Waals surface area contributed by atoms with Crippen LogP contribution in [0.5, 0.6) is 0 Å². The minimum atomic E-state index is -1.18. The van der Waals surface area contributed by atoms with Crippen LogP contribution in [0.2, 0.25) is 0 Å². The molecule has 1 saturated carbocycles. The van der Waals surface area contributed by atoms with E-state index in [-0.39, 0.29) is 18.9 Å². The van der Waals surface area contributed by atoms with Gasteiger partial charge in [0.1, 0.15) is 6.17 Å². The maximum Gasteiger partial charge on any atom is 0.338 e. The first-order chi connectivity index (χ1) is 8.16. The van der Waals surface area contributed by atoms with Gasteiger partial charge in [0, 0.05) is 0 Å². The topological polar surface area (TPSA) is 46.5 Å². The smallest absolute Gasteiger partial charge is 0.338 e. The van der Waals surface area contributed by atoms with E-state index < -0.39 is 18.2 Å². The third-order valence-electron chi connectivity index (χ3n) is 3.01. The van der Waals surface area contributed by atoms with E-state index >= 15 is 0 Å². The van der Waals surface area contributed by atoms with E-state index in [1.165, 1.54) is 0 Å². The zero-order valence-corrected chi connectivity index (χ0v) is 9.38. The van der Waals surface area contributed by atoms with Crippen LogP contribution < -0.4 is 0 Å². The lowest BCUT2D eigenvalue weighted by atomic mass is 10.1. The molecule has 1 aliphatic carbocycles. The van der Waals surface area contributed by atoms with Gasteiger partial charge in [-0.25, -0.2) is 9.18 Å². The zero-order chi connectivity index (χ0) is 12.3. The van der Waals surface area contributed by atoms with Crippen molar-refractivity contribution in [1.82, 2.24) is 0 Å². The van der Waals surface area contributed by atoms with Crippen LogP contribution in [0.1, 0.15) is 23.2 Å². The Labute approximate surface area is 99.2 Å². The summed E-state index contributed by atoms with van der Waals surface area (Å²) in [4.78, 5) is 11.6. The number of hydrogen-bond acceptors (Lipinski definition) is 3. The summed E-state index contributed by atoms with van der Waals surface area (Å²) in [6.45, 7) is 0.172. The summed E-state index contributed by atoms with van der Waals surface area (Å²) in [5, 5.41) is 9.23. The van der Waals surface area contributed by atoms with E-state index in [2.05, 4.69) is 0 Å². The van der Waals surface area contributed by atoms with E-state index in [0.29, 0.717) is 12.0 Å². The van der Waals surface area contributed by atoms with E-state index in [4.69, 9.17) is 4.74 Å². The molecular formula is C13H15FO3. The molecular weight excluding hydrogens is 223 g/mol. The monoisotopic (exact) mass is 238 g/mol. The summed E-state index contributed by atoms with van der Waals surface area (Å²) in [5.74, 6) is -0.477. The number of halogens is 1. The van der Waals surface area contributed by atoms with E-state index in [1.54, 1.807) is 24.3 Å². The Morgan fingerprint density at radius 1 is 1.35 bits per heavy atom. The summed E-state index contributed by atoms with van der Waals surface area (Å²) < 4.78 is 18.1. The number of carbonyl (C=O) groups excluding carboxylic acids is 1. The lowest BCUT2D eigenvalue weighted by molar-refractivity contribution is 0.0431. The van der Waals surface area contributed by atoms with Gasteiger partial charge in [0.25, 0.3) is 0 Å². The van der Waals surface area contributed by atoms with Crippen LogP contribution >= 0.6 is 0 Å². The first kappa shape index (κ1) is 12.0. The molecule has 0 aliphatic heterocycles. The van der Waals surface area contributed by atoms with Crippen molar-refractivity contribution in [3.05, 3.63) is 35.9 Å². The SMILES string of the molecule is O=C(OC[C@H]1CC(O)C(F)C1)c1ccccc1. The summed E-state index contributed by atoms with van der Waals surface area (Å²) in [5.41, 5.74) is 0.489. The van der Waals surface area contributed by atoms with Crippen LogP contribution in [0, 0.1) is 5.92 Å². The van der Waals surface area contributed by atoms with Crippen LogP contribution in [0.15, 0.2) is 30.3 Å². The average molecular weight is 238 g/mol. The Kier molecular flexibility index (Phi) is 3.74. The number of esters is 1. The first-order valence-corrected chi connectivity index (χ1v) is 5.71. The fraction of sp³-hybridized carbons (Fsp3) is 0.462. The fourth-order valence-corrected chi connectivity index (χ4v) is 2.05. The number of carbonyl (C=O) groups is 1. The van der Waals surface area contributed by atoms with Gasteiger partial charge in [0.2, 0.25) is 0 Å². The zero-order valence-electron chi connectivity index (χ0n) is 9.38. The van der Waals surface area contributed by atoms with Gasteiger partial charge < -0.3 is 9.84 Å². The highest BCUT2D eigenvalue weighted by Gasteiger charge is 2.33. The van der Waals surface area contributed by atoms with E-state index in [1.807, 2.05) is 6.07 Å².